The van der Waals surface area contributed by atoms with Crippen LogP contribution in [0.25, 0.3) is 23.9 Å². The van der Waals surface area contributed by atoms with Crippen LogP contribution < -0.4 is 21.2 Å². The fourth-order valence-electron chi connectivity index (χ4n) is 4.22. The Hall–Kier alpha value is -2.38. The molecule has 0 saturated carbocycles. The third kappa shape index (κ3) is 4.16. The second-order valence-corrected chi connectivity index (χ2v) is 8.12. The van der Waals surface area contributed by atoms with Crippen LogP contribution in [-0.4, -0.2) is 58.0 Å². The normalized spacial score (nSPS) is 21.0. The monoisotopic (exact) mass is 414 g/mol. The molecule has 154 valence electrons. The van der Waals surface area contributed by atoms with Crippen molar-refractivity contribution < 1.29 is 4.79 Å². The van der Waals surface area contributed by atoms with Gasteiger partial charge in [0.2, 0.25) is 11.9 Å². The molecule has 2 aromatic rings. The molecule has 0 unspecified atom stereocenters. The first-order chi connectivity index (χ1) is 14.1. The summed E-state index contributed by atoms with van der Waals surface area (Å²) in [6.07, 6.45) is 8.22. The van der Waals surface area contributed by atoms with Crippen molar-refractivity contribution in [1.29, 1.82) is 0 Å². The molecule has 2 fully saturated rings. The van der Waals surface area contributed by atoms with E-state index in [-0.39, 0.29) is 17.9 Å². The number of nitrogens with one attached hydrogen (secondary N) is 3. The van der Waals surface area contributed by atoms with Crippen molar-refractivity contribution in [3.63, 3.8) is 0 Å². The van der Waals surface area contributed by atoms with Crippen molar-refractivity contribution in [2.24, 2.45) is 5.92 Å². The van der Waals surface area contributed by atoms with E-state index in [1.54, 1.807) is 6.20 Å². The lowest BCUT2D eigenvalue weighted by Gasteiger charge is -2.26. The highest BCUT2D eigenvalue weighted by Gasteiger charge is 2.31. The van der Waals surface area contributed by atoms with Gasteiger partial charge in [0.25, 0.3) is 0 Å². The van der Waals surface area contributed by atoms with Gasteiger partial charge in [-0.2, -0.15) is 0 Å². The van der Waals surface area contributed by atoms with Gasteiger partial charge in [-0.3, -0.25) is 4.79 Å². The van der Waals surface area contributed by atoms with Gasteiger partial charge in [-0.15, -0.1) is 0 Å². The lowest BCUT2D eigenvalue weighted by atomic mass is 9.97. The van der Waals surface area contributed by atoms with Crippen LogP contribution >= 0.6 is 11.6 Å². The molecule has 0 radical (unpaired) electrons. The summed E-state index contributed by atoms with van der Waals surface area (Å²) in [6.45, 7) is 9.29. The molecule has 1 amide bonds. The zero-order chi connectivity index (χ0) is 20.4. The molecular weight excluding hydrogens is 388 g/mol. The molecule has 0 aromatic carbocycles. The molecule has 0 spiro atoms. The lowest BCUT2D eigenvalue weighted by molar-refractivity contribution is -0.135. The van der Waals surface area contributed by atoms with Crippen LogP contribution in [0.2, 0.25) is 5.02 Å². The second kappa shape index (κ2) is 8.55. The molecule has 2 saturated heterocycles. The molecular formula is C21H27ClN6O. The number of aromatic amines is 1. The number of halogens is 1. The Morgan fingerprint density at radius 3 is 2.93 bits per heavy atom. The minimum atomic E-state index is 0.140. The molecule has 2 aliphatic rings. The first-order valence-electron chi connectivity index (χ1n) is 10.2. The van der Waals surface area contributed by atoms with Gasteiger partial charge >= 0.3 is 0 Å². The summed E-state index contributed by atoms with van der Waals surface area (Å²) in [5.74, 6) is 0.967. The average Bonchev–Trinajstić information content (AvgIpc) is 3.36. The molecule has 4 heterocycles. The highest BCUT2D eigenvalue weighted by Crippen LogP contribution is 2.25. The minimum absolute atomic E-state index is 0.140. The molecule has 2 aliphatic heterocycles. The smallest absolute Gasteiger partial charge is 0.225 e. The largest absolute Gasteiger partial charge is 0.361 e. The number of anilines is 1. The van der Waals surface area contributed by atoms with Crippen molar-refractivity contribution in [3.8, 4) is 11.3 Å². The van der Waals surface area contributed by atoms with Crippen molar-refractivity contribution in [1.82, 2.24) is 25.2 Å². The van der Waals surface area contributed by atoms with E-state index < -0.39 is 0 Å². The summed E-state index contributed by atoms with van der Waals surface area (Å²) in [5, 5.41) is 9.01. The molecule has 0 bridgehead atoms. The van der Waals surface area contributed by atoms with Gasteiger partial charge in [0, 0.05) is 47.4 Å². The van der Waals surface area contributed by atoms with Gasteiger partial charge in [-0.25, -0.2) is 9.97 Å². The number of H-pyrrole nitrogens is 1. The van der Waals surface area contributed by atoms with Gasteiger partial charge in [-0.05, 0) is 39.3 Å². The van der Waals surface area contributed by atoms with Gasteiger partial charge in [-0.1, -0.05) is 24.3 Å². The Morgan fingerprint density at radius 1 is 1.38 bits per heavy atom. The summed E-state index contributed by atoms with van der Waals surface area (Å²) in [4.78, 5) is 26.9. The predicted octanol–water partition coefficient (Wildman–Crippen LogP) is 1.35. The molecule has 2 aromatic heterocycles. The molecule has 7 nitrogen and oxygen atoms in total. The first-order valence-corrected chi connectivity index (χ1v) is 10.6. The zero-order valence-corrected chi connectivity index (χ0v) is 17.4. The van der Waals surface area contributed by atoms with E-state index in [2.05, 4.69) is 32.2 Å². The Bertz CT molecular complexity index is 997. The van der Waals surface area contributed by atoms with Crippen LogP contribution in [0, 0.1) is 5.92 Å². The Morgan fingerprint density at radius 2 is 2.17 bits per heavy atom. The van der Waals surface area contributed by atoms with E-state index in [9.17, 15) is 4.79 Å². The lowest BCUT2D eigenvalue weighted by Crippen LogP contribution is -2.40. The van der Waals surface area contributed by atoms with Crippen molar-refractivity contribution >= 4 is 36.1 Å². The number of likely N-dealkylation sites (tertiary alicyclic amines) is 1. The van der Waals surface area contributed by atoms with E-state index in [0.29, 0.717) is 23.2 Å². The highest BCUT2D eigenvalue weighted by molar-refractivity contribution is 6.32. The summed E-state index contributed by atoms with van der Waals surface area (Å²) < 4.78 is 0. The van der Waals surface area contributed by atoms with Crippen molar-refractivity contribution in [2.45, 2.75) is 32.2 Å². The number of aromatic nitrogens is 3. The maximum absolute atomic E-state index is 12.8. The molecule has 0 aliphatic carbocycles. The third-order valence-corrected chi connectivity index (χ3v) is 6.09. The maximum atomic E-state index is 12.8. The van der Waals surface area contributed by atoms with Gasteiger partial charge < -0.3 is 20.5 Å². The quantitative estimate of drug-likeness (QED) is 0.703. The third-order valence-electron chi connectivity index (χ3n) is 5.82. The molecule has 29 heavy (non-hydrogen) atoms. The molecule has 1 atom stereocenters. The fraction of sp³-hybridized carbons (Fsp3) is 0.476. The number of carbonyl (C=O) groups excluding carboxylic acids is 1. The van der Waals surface area contributed by atoms with Gasteiger partial charge in [0.1, 0.15) is 0 Å². The van der Waals surface area contributed by atoms with Gasteiger partial charge in [0.15, 0.2) is 0 Å². The van der Waals surface area contributed by atoms with Crippen LogP contribution in [0.1, 0.15) is 26.2 Å². The number of nitrogens with zero attached hydrogens (tertiary/aromatic N) is 3. The molecule has 4 rings (SSSR count). The van der Waals surface area contributed by atoms with Crippen LogP contribution in [0.15, 0.2) is 12.4 Å². The highest BCUT2D eigenvalue weighted by atomic mass is 35.5. The van der Waals surface area contributed by atoms with Crippen LogP contribution in [-0.2, 0) is 4.79 Å². The number of amides is 1. The average molecular weight is 415 g/mol. The Labute approximate surface area is 175 Å². The SMILES string of the molecule is C=c1[nH]cc(-c2nc(N[C@@H]3CCN(C(=O)C4CCNCC4)C3)ncc2Cl)/c1=C/C. The van der Waals surface area contributed by atoms with E-state index >= 15 is 0 Å². The van der Waals surface area contributed by atoms with Crippen molar-refractivity contribution in [3.05, 3.63) is 28.0 Å². The number of hydrogen-bond acceptors (Lipinski definition) is 5. The summed E-state index contributed by atoms with van der Waals surface area (Å²) in [7, 11) is 0. The van der Waals surface area contributed by atoms with E-state index in [4.69, 9.17) is 11.6 Å². The first kappa shape index (κ1) is 19.9. The summed E-state index contributed by atoms with van der Waals surface area (Å²) in [6, 6.07) is 0.140. The van der Waals surface area contributed by atoms with E-state index in [0.717, 1.165) is 55.0 Å². The van der Waals surface area contributed by atoms with Crippen LogP contribution in [0.3, 0.4) is 0 Å². The van der Waals surface area contributed by atoms with Crippen LogP contribution in [0.4, 0.5) is 5.95 Å². The van der Waals surface area contributed by atoms with E-state index in [1.807, 2.05) is 24.1 Å². The zero-order valence-electron chi connectivity index (χ0n) is 16.7. The van der Waals surface area contributed by atoms with Gasteiger partial charge in [0.05, 0.1) is 16.9 Å². The van der Waals surface area contributed by atoms with Crippen molar-refractivity contribution in [2.75, 3.05) is 31.5 Å². The summed E-state index contributed by atoms with van der Waals surface area (Å²) >= 11 is 6.38. The van der Waals surface area contributed by atoms with Crippen LogP contribution in [0.5, 0.6) is 0 Å². The Kier molecular flexibility index (Phi) is 5.87. The second-order valence-electron chi connectivity index (χ2n) is 7.71. The number of carbonyl (C=O) groups is 1. The number of hydrogen-bond donors (Lipinski definition) is 3. The summed E-state index contributed by atoms with van der Waals surface area (Å²) in [5.41, 5.74) is 1.58. The van der Waals surface area contributed by atoms with E-state index in [1.165, 1.54) is 0 Å². The number of rotatable bonds is 4. The fourth-order valence-corrected chi connectivity index (χ4v) is 4.41. The topological polar surface area (TPSA) is 85.9 Å². The Balaban J connectivity index is 1.46. The molecule has 8 heteroatoms. The number of piperidine rings is 1. The minimum Gasteiger partial charge on any atom is -0.361 e. The maximum Gasteiger partial charge on any atom is 0.225 e. The molecule has 3 N–H and O–H groups in total. The predicted molar refractivity (Wildman–Crippen MR) is 116 cm³/mol. The standard InChI is InChI=1S/C21H27ClN6O/c1-3-16-13(2)24-10-17(16)19-18(22)11-25-21(27-19)26-15-6-9-28(12-15)20(29)14-4-7-23-8-5-14/h3,10-11,14-15,23-24H,2,4-9,12H2,1H3,(H,25,26,27)/b16-3+/t15-/m1/s1.